The highest BCUT2D eigenvalue weighted by atomic mass is 35.5. The highest BCUT2D eigenvalue weighted by molar-refractivity contribution is 5.85. The molecule has 0 bridgehead atoms. The summed E-state index contributed by atoms with van der Waals surface area (Å²) in [7, 11) is 0. The summed E-state index contributed by atoms with van der Waals surface area (Å²) in [6, 6.07) is 7.30. The molecule has 0 radical (unpaired) electrons. The Hall–Kier alpha value is -1.92. The van der Waals surface area contributed by atoms with Crippen LogP contribution in [0.15, 0.2) is 35.4 Å². The fourth-order valence-electron chi connectivity index (χ4n) is 2.65. The van der Waals surface area contributed by atoms with Crippen LogP contribution in [0.5, 0.6) is 0 Å². The van der Waals surface area contributed by atoms with Gasteiger partial charge in [0.25, 0.3) is 5.56 Å². The summed E-state index contributed by atoms with van der Waals surface area (Å²) in [5.74, 6) is 0.0445. The van der Waals surface area contributed by atoms with E-state index in [2.05, 4.69) is 4.98 Å². The lowest BCUT2D eigenvalue weighted by Gasteiger charge is -2.16. The molecule has 7 heteroatoms. The first kappa shape index (κ1) is 16.5. The van der Waals surface area contributed by atoms with E-state index >= 15 is 0 Å². The number of nitrogens with two attached hydrogens (primary N) is 1. The number of hydrogen-bond donors (Lipinski definition) is 1. The van der Waals surface area contributed by atoms with Crippen LogP contribution >= 0.6 is 12.4 Å². The largest absolute Gasteiger partial charge is 0.341 e. The molecule has 0 unspecified atom stereocenters. The number of fused-ring (bicyclic) bond motifs is 1. The minimum absolute atomic E-state index is 0. The maximum Gasteiger partial charge on any atom is 0.261 e. The Morgan fingerprint density at radius 3 is 2.86 bits per heavy atom. The van der Waals surface area contributed by atoms with Gasteiger partial charge in [0.05, 0.1) is 17.2 Å². The first-order chi connectivity index (χ1) is 10.1. The number of hydrogen-bond acceptors (Lipinski definition) is 4. The molecule has 118 valence electrons. The van der Waals surface area contributed by atoms with Crippen molar-refractivity contribution in [3.05, 3.63) is 40.9 Å². The second-order valence-electron chi connectivity index (χ2n) is 5.40. The zero-order valence-corrected chi connectivity index (χ0v) is 13.0. The molecule has 2 N–H and O–H groups in total. The molecular weight excluding hydrogens is 304 g/mol. The topological polar surface area (TPSA) is 81.2 Å². The van der Waals surface area contributed by atoms with E-state index in [1.807, 2.05) is 12.1 Å². The number of aromatic nitrogens is 2. The molecule has 1 aliphatic rings. The lowest BCUT2D eigenvalue weighted by atomic mass is 10.2. The zero-order valence-electron chi connectivity index (χ0n) is 12.1. The smallest absolute Gasteiger partial charge is 0.261 e. The molecule has 0 saturated carbocycles. The Labute approximate surface area is 134 Å². The van der Waals surface area contributed by atoms with Crippen LogP contribution < -0.4 is 11.3 Å². The maximum absolute atomic E-state index is 12.3. The average Bonchev–Trinajstić information content (AvgIpc) is 2.93. The molecule has 1 aromatic heterocycles. The summed E-state index contributed by atoms with van der Waals surface area (Å²) in [6.07, 6.45) is 2.66. The molecule has 0 spiro atoms. The van der Waals surface area contributed by atoms with Gasteiger partial charge in [-0.05, 0) is 18.6 Å². The van der Waals surface area contributed by atoms with Crippen molar-refractivity contribution in [2.24, 2.45) is 5.73 Å². The van der Waals surface area contributed by atoms with Crippen LogP contribution in [0.25, 0.3) is 10.9 Å². The van der Waals surface area contributed by atoms with Crippen LogP contribution in [0, 0.1) is 0 Å². The third-order valence-corrected chi connectivity index (χ3v) is 3.88. The molecule has 1 aliphatic heterocycles. The summed E-state index contributed by atoms with van der Waals surface area (Å²) in [6.45, 7) is 1.68. The van der Waals surface area contributed by atoms with Crippen molar-refractivity contribution < 1.29 is 4.79 Å². The number of aryl methyl sites for hydroxylation is 1. The number of likely N-dealkylation sites (tertiary alicyclic amines) is 1. The summed E-state index contributed by atoms with van der Waals surface area (Å²) >= 11 is 0. The van der Waals surface area contributed by atoms with Gasteiger partial charge in [0.15, 0.2) is 0 Å². The molecule has 1 saturated heterocycles. The molecule has 0 aliphatic carbocycles. The second kappa shape index (κ2) is 6.89. The van der Waals surface area contributed by atoms with E-state index in [-0.39, 0.29) is 29.9 Å². The van der Waals surface area contributed by atoms with Gasteiger partial charge in [-0.2, -0.15) is 0 Å². The number of rotatable bonds is 3. The van der Waals surface area contributed by atoms with E-state index in [1.165, 1.54) is 10.9 Å². The number of carbonyl (C=O) groups excluding carboxylic acids is 1. The molecule has 3 rings (SSSR count). The Kier molecular flexibility index (Phi) is 5.15. The van der Waals surface area contributed by atoms with Gasteiger partial charge in [0.1, 0.15) is 0 Å². The minimum Gasteiger partial charge on any atom is -0.341 e. The zero-order chi connectivity index (χ0) is 14.8. The third-order valence-electron chi connectivity index (χ3n) is 3.88. The second-order valence-corrected chi connectivity index (χ2v) is 5.40. The van der Waals surface area contributed by atoms with E-state index < -0.39 is 0 Å². The van der Waals surface area contributed by atoms with Gasteiger partial charge in [-0.1, -0.05) is 12.1 Å². The Balaban J connectivity index is 0.00000176. The van der Waals surface area contributed by atoms with Gasteiger partial charge in [-0.15, -0.1) is 12.4 Å². The van der Waals surface area contributed by atoms with Crippen molar-refractivity contribution in [3.63, 3.8) is 0 Å². The number of benzene rings is 1. The summed E-state index contributed by atoms with van der Waals surface area (Å²) in [4.78, 5) is 30.4. The Morgan fingerprint density at radius 1 is 1.36 bits per heavy atom. The van der Waals surface area contributed by atoms with Crippen molar-refractivity contribution in [3.8, 4) is 0 Å². The van der Waals surface area contributed by atoms with Crippen LogP contribution in [0.4, 0.5) is 0 Å². The standard InChI is InChI=1S/C15H18N4O2.ClH/c16-11-5-7-18(9-11)14(20)6-8-19-10-17-13-4-2-1-3-12(13)15(19)21;/h1-4,10-11H,5-9,16H2;1H/t11-;/m1./s1. The number of amides is 1. The summed E-state index contributed by atoms with van der Waals surface area (Å²) < 4.78 is 1.50. The monoisotopic (exact) mass is 322 g/mol. The molecule has 22 heavy (non-hydrogen) atoms. The van der Waals surface area contributed by atoms with E-state index in [1.54, 1.807) is 17.0 Å². The van der Waals surface area contributed by atoms with Gasteiger partial charge in [-0.25, -0.2) is 4.98 Å². The van der Waals surface area contributed by atoms with Crippen LogP contribution in [-0.4, -0.2) is 39.5 Å². The number of halogens is 1. The molecule has 6 nitrogen and oxygen atoms in total. The summed E-state index contributed by atoms with van der Waals surface area (Å²) in [5.41, 5.74) is 6.37. The predicted octanol–water partition coefficient (Wildman–Crippen LogP) is 0.768. The first-order valence-electron chi connectivity index (χ1n) is 7.12. The van der Waals surface area contributed by atoms with Crippen molar-refractivity contribution in [2.75, 3.05) is 13.1 Å². The third kappa shape index (κ3) is 3.28. The lowest BCUT2D eigenvalue weighted by molar-refractivity contribution is -0.130. The fraction of sp³-hybridized carbons (Fsp3) is 0.400. The molecule has 1 atom stereocenters. The van der Waals surface area contributed by atoms with Crippen molar-refractivity contribution in [1.82, 2.24) is 14.5 Å². The molecule has 2 heterocycles. The Bertz CT molecular complexity index is 731. The predicted molar refractivity (Wildman–Crippen MR) is 87.0 cm³/mol. The molecular formula is C15H19ClN4O2. The molecule has 1 aromatic carbocycles. The SMILES string of the molecule is Cl.N[C@@H]1CCN(C(=O)CCn2cnc3ccccc3c2=O)C1. The van der Waals surface area contributed by atoms with E-state index in [4.69, 9.17) is 5.73 Å². The minimum atomic E-state index is -0.105. The number of para-hydroxylation sites is 1. The molecule has 1 amide bonds. The van der Waals surface area contributed by atoms with Gasteiger partial charge in [0, 0.05) is 32.1 Å². The van der Waals surface area contributed by atoms with Crippen LogP contribution in [0.2, 0.25) is 0 Å². The average molecular weight is 323 g/mol. The van der Waals surface area contributed by atoms with E-state index in [0.717, 1.165) is 6.42 Å². The number of carbonyl (C=O) groups is 1. The van der Waals surface area contributed by atoms with Crippen LogP contribution in [0.1, 0.15) is 12.8 Å². The highest BCUT2D eigenvalue weighted by Gasteiger charge is 2.23. The van der Waals surface area contributed by atoms with Gasteiger partial charge in [0.2, 0.25) is 5.91 Å². The van der Waals surface area contributed by atoms with Crippen molar-refractivity contribution in [1.29, 1.82) is 0 Å². The van der Waals surface area contributed by atoms with E-state index in [9.17, 15) is 9.59 Å². The van der Waals surface area contributed by atoms with Gasteiger partial charge in [-0.3, -0.25) is 14.2 Å². The van der Waals surface area contributed by atoms with E-state index in [0.29, 0.717) is 37.0 Å². The summed E-state index contributed by atoms with van der Waals surface area (Å²) in [5, 5.41) is 0.579. The van der Waals surface area contributed by atoms with Gasteiger partial charge >= 0.3 is 0 Å². The fourth-order valence-corrected chi connectivity index (χ4v) is 2.65. The lowest BCUT2D eigenvalue weighted by Crippen LogP contribution is -2.33. The van der Waals surface area contributed by atoms with Crippen LogP contribution in [-0.2, 0) is 11.3 Å². The highest BCUT2D eigenvalue weighted by Crippen LogP contribution is 2.09. The number of nitrogens with zero attached hydrogens (tertiary/aromatic N) is 3. The normalized spacial score (nSPS) is 17.5. The van der Waals surface area contributed by atoms with Crippen molar-refractivity contribution >= 4 is 29.2 Å². The Morgan fingerprint density at radius 2 is 2.14 bits per heavy atom. The van der Waals surface area contributed by atoms with Crippen LogP contribution in [0.3, 0.4) is 0 Å². The van der Waals surface area contributed by atoms with Crippen molar-refractivity contribution in [2.45, 2.75) is 25.4 Å². The molecule has 1 fully saturated rings. The maximum atomic E-state index is 12.3. The van der Waals surface area contributed by atoms with Gasteiger partial charge < -0.3 is 10.6 Å². The molecule has 2 aromatic rings. The quantitative estimate of drug-likeness (QED) is 0.905. The first-order valence-corrected chi connectivity index (χ1v) is 7.12.